The first kappa shape index (κ1) is 13.2. The van der Waals surface area contributed by atoms with Crippen molar-refractivity contribution < 1.29 is 18.3 Å². The number of rotatable bonds is 4. The number of aromatic nitrogens is 4. The average molecular weight is 292 g/mol. The second-order valence-corrected chi connectivity index (χ2v) is 4.22. The second-order valence-electron chi connectivity index (χ2n) is 4.22. The molecule has 0 atom stereocenters. The highest BCUT2D eigenvalue weighted by Gasteiger charge is 2.17. The Morgan fingerprint density at radius 1 is 1.38 bits per heavy atom. The van der Waals surface area contributed by atoms with Gasteiger partial charge >= 0.3 is 12.5 Å². The van der Waals surface area contributed by atoms with E-state index < -0.39 is 12.5 Å². The monoisotopic (exact) mass is 292 g/mol. The predicted octanol–water partition coefficient (Wildman–Crippen LogP) is 2.51. The minimum Gasteiger partial charge on any atom is -0.453 e. The van der Waals surface area contributed by atoms with Crippen molar-refractivity contribution in [1.82, 2.24) is 19.7 Å². The van der Waals surface area contributed by atoms with Gasteiger partial charge in [0.15, 0.2) is 11.5 Å². The third-order valence-electron chi connectivity index (χ3n) is 2.96. The summed E-state index contributed by atoms with van der Waals surface area (Å²) in [6.45, 7) is -3.08. The van der Waals surface area contributed by atoms with Gasteiger partial charge < -0.3 is 4.74 Å². The Balaban J connectivity index is 1.76. The molecule has 3 rings (SSSR count). The van der Waals surface area contributed by atoms with Crippen LogP contribution in [0, 0.1) is 0 Å². The third kappa shape index (κ3) is 2.47. The van der Waals surface area contributed by atoms with Gasteiger partial charge in [-0.3, -0.25) is 9.67 Å². The molecule has 0 aliphatic rings. The number of H-pyrrole nitrogens is 1. The summed E-state index contributed by atoms with van der Waals surface area (Å²) in [4.78, 5) is 15.7. The Hall–Kier alpha value is -2.77. The van der Waals surface area contributed by atoms with Gasteiger partial charge in [0.2, 0.25) is 0 Å². The smallest absolute Gasteiger partial charge is 0.359 e. The molecule has 0 amide bonds. The normalized spacial score (nSPS) is 11.2. The predicted molar refractivity (Wildman–Crippen MR) is 68.7 cm³/mol. The summed E-state index contributed by atoms with van der Waals surface area (Å²) in [6.07, 6.45) is 2.34. The molecule has 0 radical (unpaired) electrons. The number of aromatic amines is 1. The molecule has 0 saturated carbocycles. The number of carbonyl (C=O) groups is 1. The van der Waals surface area contributed by atoms with Crippen LogP contribution in [0.3, 0.4) is 0 Å². The SMILES string of the molecule is O=C(OCc1nccn1C(F)F)c1n[nH]c2ccccc12. The minimum atomic E-state index is -2.73. The number of fused-ring (bicyclic) bond motifs is 1. The van der Waals surface area contributed by atoms with Crippen molar-refractivity contribution in [2.75, 3.05) is 0 Å². The van der Waals surface area contributed by atoms with Crippen LogP contribution in [0.5, 0.6) is 0 Å². The van der Waals surface area contributed by atoms with Crippen molar-refractivity contribution in [1.29, 1.82) is 0 Å². The van der Waals surface area contributed by atoms with Gasteiger partial charge in [0.25, 0.3) is 0 Å². The molecule has 6 nitrogen and oxygen atoms in total. The van der Waals surface area contributed by atoms with Crippen molar-refractivity contribution in [3.05, 3.63) is 48.2 Å². The Kier molecular flexibility index (Phi) is 3.35. The number of ether oxygens (including phenoxy) is 1. The number of imidazole rings is 1. The van der Waals surface area contributed by atoms with E-state index in [0.717, 1.165) is 6.20 Å². The van der Waals surface area contributed by atoms with Crippen LogP contribution in [-0.2, 0) is 11.3 Å². The zero-order valence-electron chi connectivity index (χ0n) is 10.7. The van der Waals surface area contributed by atoms with Crippen molar-refractivity contribution in [2.24, 2.45) is 0 Å². The van der Waals surface area contributed by atoms with Crippen LogP contribution in [0.1, 0.15) is 22.9 Å². The molecule has 1 aromatic carbocycles. The summed E-state index contributed by atoms with van der Waals surface area (Å²) in [6, 6.07) is 7.05. The minimum absolute atomic E-state index is 0.0295. The average Bonchev–Trinajstić information content (AvgIpc) is 3.11. The highest BCUT2D eigenvalue weighted by atomic mass is 19.3. The Bertz CT molecular complexity index is 781. The van der Waals surface area contributed by atoms with Crippen molar-refractivity contribution in [2.45, 2.75) is 13.2 Å². The maximum Gasteiger partial charge on any atom is 0.359 e. The summed E-state index contributed by atoms with van der Waals surface area (Å²) in [7, 11) is 0. The number of carbonyl (C=O) groups excluding carboxylic acids is 1. The fourth-order valence-electron chi connectivity index (χ4n) is 1.95. The summed E-state index contributed by atoms with van der Waals surface area (Å²) >= 11 is 0. The van der Waals surface area contributed by atoms with Crippen molar-refractivity contribution in [3.63, 3.8) is 0 Å². The lowest BCUT2D eigenvalue weighted by molar-refractivity contribution is 0.0372. The summed E-state index contributed by atoms with van der Waals surface area (Å²) in [5.74, 6) is -0.727. The molecule has 2 heterocycles. The number of nitrogens with zero attached hydrogens (tertiary/aromatic N) is 3. The molecule has 0 fully saturated rings. The van der Waals surface area contributed by atoms with Crippen LogP contribution in [0.15, 0.2) is 36.7 Å². The van der Waals surface area contributed by atoms with Gasteiger partial charge in [-0.2, -0.15) is 13.9 Å². The van der Waals surface area contributed by atoms with E-state index in [9.17, 15) is 13.6 Å². The molecule has 0 spiro atoms. The van der Waals surface area contributed by atoms with Gasteiger partial charge in [0, 0.05) is 17.8 Å². The number of alkyl halides is 2. The molecular formula is C13H10F2N4O2. The van der Waals surface area contributed by atoms with E-state index in [0.29, 0.717) is 15.5 Å². The fourth-order valence-corrected chi connectivity index (χ4v) is 1.95. The van der Waals surface area contributed by atoms with E-state index in [2.05, 4.69) is 15.2 Å². The summed E-state index contributed by atoms with van der Waals surface area (Å²) in [5, 5.41) is 7.19. The van der Waals surface area contributed by atoms with Crippen LogP contribution in [0.2, 0.25) is 0 Å². The highest BCUT2D eigenvalue weighted by Crippen LogP contribution is 2.17. The maximum absolute atomic E-state index is 12.6. The first-order valence-corrected chi connectivity index (χ1v) is 6.07. The number of esters is 1. The van der Waals surface area contributed by atoms with Gasteiger partial charge in [-0.15, -0.1) is 0 Å². The van der Waals surface area contributed by atoms with Crippen LogP contribution in [0.4, 0.5) is 8.78 Å². The first-order chi connectivity index (χ1) is 10.2. The number of halogens is 2. The lowest BCUT2D eigenvalue weighted by Gasteiger charge is -2.06. The molecule has 0 bridgehead atoms. The van der Waals surface area contributed by atoms with Crippen LogP contribution < -0.4 is 0 Å². The van der Waals surface area contributed by atoms with Crippen LogP contribution in [-0.4, -0.2) is 25.7 Å². The molecule has 0 unspecified atom stereocenters. The molecule has 21 heavy (non-hydrogen) atoms. The first-order valence-electron chi connectivity index (χ1n) is 6.07. The van der Waals surface area contributed by atoms with Crippen LogP contribution in [0.25, 0.3) is 10.9 Å². The quantitative estimate of drug-likeness (QED) is 0.750. The van der Waals surface area contributed by atoms with E-state index in [1.54, 1.807) is 24.3 Å². The molecule has 3 aromatic rings. The number of nitrogens with one attached hydrogen (secondary N) is 1. The molecule has 8 heteroatoms. The number of para-hydroxylation sites is 1. The number of benzene rings is 1. The van der Waals surface area contributed by atoms with Gasteiger partial charge in [-0.05, 0) is 6.07 Å². The molecule has 108 valence electrons. The summed E-state index contributed by atoms with van der Waals surface area (Å²) < 4.78 is 30.9. The number of hydrogen-bond donors (Lipinski definition) is 1. The lowest BCUT2D eigenvalue weighted by atomic mass is 10.2. The van der Waals surface area contributed by atoms with E-state index in [4.69, 9.17) is 4.74 Å². The van der Waals surface area contributed by atoms with Crippen LogP contribution >= 0.6 is 0 Å². The topological polar surface area (TPSA) is 72.8 Å². The molecule has 0 aliphatic carbocycles. The number of hydrogen-bond acceptors (Lipinski definition) is 4. The lowest BCUT2D eigenvalue weighted by Crippen LogP contribution is -2.10. The molecule has 0 aliphatic heterocycles. The van der Waals surface area contributed by atoms with Crippen molar-refractivity contribution >= 4 is 16.9 Å². The van der Waals surface area contributed by atoms with Crippen molar-refractivity contribution in [3.8, 4) is 0 Å². The molecular weight excluding hydrogens is 282 g/mol. The zero-order chi connectivity index (χ0) is 14.8. The Morgan fingerprint density at radius 2 is 2.19 bits per heavy atom. The van der Waals surface area contributed by atoms with Gasteiger partial charge in [0.05, 0.1) is 5.52 Å². The highest BCUT2D eigenvalue weighted by molar-refractivity contribution is 6.01. The maximum atomic E-state index is 12.6. The molecule has 1 N–H and O–H groups in total. The Labute approximate surface area is 117 Å². The second kappa shape index (κ2) is 5.31. The van der Waals surface area contributed by atoms with Gasteiger partial charge in [0.1, 0.15) is 6.61 Å². The molecule has 2 aromatic heterocycles. The van der Waals surface area contributed by atoms with E-state index >= 15 is 0 Å². The van der Waals surface area contributed by atoms with E-state index in [1.807, 2.05) is 0 Å². The van der Waals surface area contributed by atoms with E-state index in [-0.39, 0.29) is 18.1 Å². The van der Waals surface area contributed by atoms with Gasteiger partial charge in [-0.1, -0.05) is 18.2 Å². The zero-order valence-corrected chi connectivity index (χ0v) is 10.7. The van der Waals surface area contributed by atoms with E-state index in [1.165, 1.54) is 6.20 Å². The largest absolute Gasteiger partial charge is 0.453 e. The summed E-state index contributed by atoms with van der Waals surface area (Å²) in [5.41, 5.74) is 0.805. The standard InChI is InChI=1S/C13H10F2N4O2/c14-13(15)19-6-5-16-10(19)7-21-12(20)11-8-3-1-2-4-9(8)17-18-11/h1-6,13H,7H2,(H,17,18). The third-order valence-corrected chi connectivity index (χ3v) is 2.96. The fraction of sp³-hybridized carbons (Fsp3) is 0.154. The Morgan fingerprint density at radius 3 is 3.00 bits per heavy atom. The van der Waals surface area contributed by atoms with Gasteiger partial charge in [-0.25, -0.2) is 9.78 Å². The molecule has 0 saturated heterocycles.